The van der Waals surface area contributed by atoms with Crippen LogP contribution in [0, 0.1) is 6.92 Å². The van der Waals surface area contributed by atoms with Crippen LogP contribution in [0.4, 0.5) is 5.69 Å². The molecule has 0 unspecified atom stereocenters. The highest BCUT2D eigenvalue weighted by Crippen LogP contribution is 2.20. The first-order chi connectivity index (χ1) is 10.5. The number of hydrogen-bond acceptors (Lipinski definition) is 3. The summed E-state index contributed by atoms with van der Waals surface area (Å²) in [7, 11) is 0. The van der Waals surface area contributed by atoms with Gasteiger partial charge in [0.05, 0.1) is 5.56 Å². The van der Waals surface area contributed by atoms with Crippen LogP contribution in [0.2, 0.25) is 10.0 Å². The van der Waals surface area contributed by atoms with Crippen LogP contribution in [0.1, 0.15) is 15.9 Å². The Morgan fingerprint density at radius 1 is 1.05 bits per heavy atom. The van der Waals surface area contributed by atoms with Crippen LogP contribution in [-0.4, -0.2) is 18.5 Å². The molecule has 2 aromatic rings. The molecule has 22 heavy (non-hydrogen) atoms. The van der Waals surface area contributed by atoms with E-state index in [0.717, 1.165) is 5.56 Å². The van der Waals surface area contributed by atoms with Crippen molar-refractivity contribution in [1.82, 2.24) is 0 Å². The molecule has 0 atom stereocenters. The van der Waals surface area contributed by atoms with E-state index in [0.29, 0.717) is 21.3 Å². The molecule has 0 spiro atoms. The number of aryl methyl sites for hydroxylation is 1. The molecule has 0 fully saturated rings. The van der Waals surface area contributed by atoms with E-state index in [1.54, 1.807) is 30.3 Å². The molecule has 2 rings (SSSR count). The number of ether oxygens (including phenoxy) is 1. The van der Waals surface area contributed by atoms with Gasteiger partial charge in [-0.1, -0.05) is 29.3 Å². The van der Waals surface area contributed by atoms with Crippen LogP contribution in [0.3, 0.4) is 0 Å². The van der Waals surface area contributed by atoms with E-state index in [1.165, 1.54) is 12.1 Å². The largest absolute Gasteiger partial charge is 0.452 e. The average molecular weight is 338 g/mol. The average Bonchev–Trinajstić information content (AvgIpc) is 2.49. The lowest BCUT2D eigenvalue weighted by Gasteiger charge is -2.09. The Labute approximate surface area is 138 Å². The summed E-state index contributed by atoms with van der Waals surface area (Å²) in [5.41, 5.74) is 1.78. The molecule has 114 valence electrons. The van der Waals surface area contributed by atoms with Gasteiger partial charge in [0, 0.05) is 15.7 Å². The SMILES string of the molecule is Cc1ccc(Cl)cc1NC(=O)COC(=O)c1ccc(Cl)cc1. The fraction of sp³-hybridized carbons (Fsp3) is 0.125. The van der Waals surface area contributed by atoms with Gasteiger partial charge in [-0.3, -0.25) is 4.79 Å². The molecule has 0 radical (unpaired) electrons. The van der Waals surface area contributed by atoms with Crippen LogP contribution in [-0.2, 0) is 9.53 Å². The number of rotatable bonds is 4. The lowest BCUT2D eigenvalue weighted by atomic mass is 10.2. The Bertz CT molecular complexity index is 699. The highest BCUT2D eigenvalue weighted by molar-refractivity contribution is 6.31. The summed E-state index contributed by atoms with van der Waals surface area (Å²) in [5.74, 6) is -1.03. The Morgan fingerprint density at radius 2 is 1.68 bits per heavy atom. The Balaban J connectivity index is 1.91. The Morgan fingerprint density at radius 3 is 2.36 bits per heavy atom. The predicted octanol–water partition coefficient (Wildman–Crippen LogP) is 4.10. The number of anilines is 1. The molecule has 0 saturated heterocycles. The molecule has 6 heteroatoms. The van der Waals surface area contributed by atoms with Crippen LogP contribution in [0.5, 0.6) is 0 Å². The second-order valence-corrected chi connectivity index (χ2v) is 5.46. The van der Waals surface area contributed by atoms with E-state index >= 15 is 0 Å². The normalized spacial score (nSPS) is 10.1. The van der Waals surface area contributed by atoms with Crippen LogP contribution < -0.4 is 5.32 Å². The molecule has 0 heterocycles. The van der Waals surface area contributed by atoms with Crippen molar-refractivity contribution in [2.24, 2.45) is 0 Å². The third-order valence-corrected chi connectivity index (χ3v) is 3.38. The quantitative estimate of drug-likeness (QED) is 0.854. The third-order valence-electron chi connectivity index (χ3n) is 2.89. The van der Waals surface area contributed by atoms with Gasteiger partial charge in [0.15, 0.2) is 6.61 Å². The zero-order valence-corrected chi connectivity index (χ0v) is 13.2. The lowest BCUT2D eigenvalue weighted by molar-refractivity contribution is -0.119. The zero-order valence-electron chi connectivity index (χ0n) is 11.7. The van der Waals surface area contributed by atoms with E-state index in [1.807, 2.05) is 6.92 Å². The van der Waals surface area contributed by atoms with E-state index in [9.17, 15) is 9.59 Å². The molecule has 0 aliphatic heterocycles. The smallest absolute Gasteiger partial charge is 0.338 e. The first-order valence-corrected chi connectivity index (χ1v) is 7.20. The number of nitrogens with one attached hydrogen (secondary N) is 1. The van der Waals surface area contributed by atoms with E-state index < -0.39 is 11.9 Å². The second kappa shape index (κ2) is 7.29. The standard InChI is InChI=1S/C16H13Cl2NO3/c1-10-2-5-13(18)8-14(10)19-15(20)9-22-16(21)11-3-6-12(17)7-4-11/h2-8H,9H2,1H3,(H,19,20). The van der Waals surface area contributed by atoms with Crippen molar-refractivity contribution in [2.45, 2.75) is 6.92 Å². The molecule has 0 aliphatic rings. The molecule has 0 saturated carbocycles. The second-order valence-electron chi connectivity index (χ2n) is 4.59. The first kappa shape index (κ1) is 16.3. The molecular weight excluding hydrogens is 325 g/mol. The Kier molecular flexibility index (Phi) is 5.41. The van der Waals surface area contributed by atoms with E-state index in [-0.39, 0.29) is 6.61 Å². The number of hydrogen-bond donors (Lipinski definition) is 1. The van der Waals surface area contributed by atoms with E-state index in [4.69, 9.17) is 27.9 Å². The maximum absolute atomic E-state index is 11.8. The van der Waals surface area contributed by atoms with E-state index in [2.05, 4.69) is 5.32 Å². The van der Waals surface area contributed by atoms with Gasteiger partial charge in [0.2, 0.25) is 0 Å². The zero-order chi connectivity index (χ0) is 16.1. The monoisotopic (exact) mass is 337 g/mol. The summed E-state index contributed by atoms with van der Waals surface area (Å²) in [4.78, 5) is 23.6. The Hall–Kier alpha value is -2.04. The summed E-state index contributed by atoms with van der Waals surface area (Å²) >= 11 is 11.6. The molecule has 1 amide bonds. The van der Waals surface area contributed by atoms with Crippen LogP contribution >= 0.6 is 23.2 Å². The molecule has 0 aromatic heterocycles. The van der Waals surface area contributed by atoms with Crippen LogP contribution in [0.25, 0.3) is 0 Å². The fourth-order valence-corrected chi connectivity index (χ4v) is 2.01. The van der Waals surface area contributed by atoms with Gasteiger partial charge in [-0.05, 0) is 48.9 Å². The molecule has 2 aromatic carbocycles. The van der Waals surface area contributed by atoms with Crippen molar-refractivity contribution in [1.29, 1.82) is 0 Å². The minimum absolute atomic E-state index is 0.330. The van der Waals surface area contributed by atoms with Gasteiger partial charge in [-0.15, -0.1) is 0 Å². The number of carbonyl (C=O) groups excluding carboxylic acids is 2. The maximum Gasteiger partial charge on any atom is 0.338 e. The fourth-order valence-electron chi connectivity index (χ4n) is 1.72. The summed E-state index contributed by atoms with van der Waals surface area (Å²) in [5, 5.41) is 3.68. The van der Waals surface area contributed by atoms with Gasteiger partial charge in [0.25, 0.3) is 5.91 Å². The van der Waals surface area contributed by atoms with Gasteiger partial charge in [0.1, 0.15) is 0 Å². The maximum atomic E-state index is 11.8. The summed E-state index contributed by atoms with van der Waals surface area (Å²) in [6.45, 7) is 1.46. The molecule has 0 aliphatic carbocycles. The number of esters is 1. The first-order valence-electron chi connectivity index (χ1n) is 6.44. The van der Waals surface area contributed by atoms with Crippen molar-refractivity contribution in [3.63, 3.8) is 0 Å². The van der Waals surface area contributed by atoms with Crippen molar-refractivity contribution >= 4 is 40.8 Å². The summed E-state index contributed by atoms with van der Waals surface area (Å²) in [6.07, 6.45) is 0. The number of halogens is 2. The highest BCUT2D eigenvalue weighted by atomic mass is 35.5. The molecular formula is C16H13Cl2NO3. The van der Waals surface area contributed by atoms with Crippen molar-refractivity contribution < 1.29 is 14.3 Å². The number of carbonyl (C=O) groups is 2. The van der Waals surface area contributed by atoms with Crippen molar-refractivity contribution in [3.8, 4) is 0 Å². The summed E-state index contributed by atoms with van der Waals surface area (Å²) < 4.78 is 4.95. The number of amides is 1. The third kappa shape index (κ3) is 4.48. The van der Waals surface area contributed by atoms with Crippen LogP contribution in [0.15, 0.2) is 42.5 Å². The minimum atomic E-state index is -0.588. The number of benzene rings is 2. The predicted molar refractivity (Wildman–Crippen MR) is 86.6 cm³/mol. The van der Waals surface area contributed by atoms with Gasteiger partial charge < -0.3 is 10.1 Å². The highest BCUT2D eigenvalue weighted by Gasteiger charge is 2.11. The molecule has 1 N–H and O–H groups in total. The van der Waals surface area contributed by atoms with Gasteiger partial charge >= 0.3 is 5.97 Å². The lowest BCUT2D eigenvalue weighted by Crippen LogP contribution is -2.21. The molecule has 4 nitrogen and oxygen atoms in total. The van der Waals surface area contributed by atoms with Crippen molar-refractivity contribution in [3.05, 3.63) is 63.6 Å². The van der Waals surface area contributed by atoms with Crippen molar-refractivity contribution in [2.75, 3.05) is 11.9 Å². The summed E-state index contributed by atoms with van der Waals surface area (Å²) in [6, 6.07) is 11.4. The minimum Gasteiger partial charge on any atom is -0.452 e. The van der Waals surface area contributed by atoms with Gasteiger partial charge in [-0.2, -0.15) is 0 Å². The molecule has 0 bridgehead atoms. The topological polar surface area (TPSA) is 55.4 Å². The van der Waals surface area contributed by atoms with Gasteiger partial charge in [-0.25, -0.2) is 4.79 Å².